The Balaban J connectivity index is 1.70. The molecule has 0 radical (unpaired) electrons. The molecule has 1 atom stereocenters. The predicted molar refractivity (Wildman–Crippen MR) is 91.6 cm³/mol. The lowest BCUT2D eigenvalue weighted by Crippen LogP contribution is -2.40. The molecule has 0 unspecified atom stereocenters. The van der Waals surface area contributed by atoms with Crippen LogP contribution in [0.4, 0.5) is 0 Å². The van der Waals surface area contributed by atoms with Crippen LogP contribution in [0.5, 0.6) is 0 Å². The molecule has 0 aliphatic carbocycles. The average Bonchev–Trinajstić information content (AvgIpc) is 3.10. The Hall–Kier alpha value is -1.86. The van der Waals surface area contributed by atoms with E-state index in [0.717, 1.165) is 30.2 Å². The molecule has 24 heavy (non-hydrogen) atoms. The molecule has 7 heteroatoms. The van der Waals surface area contributed by atoms with Gasteiger partial charge in [-0.05, 0) is 5.56 Å². The van der Waals surface area contributed by atoms with Crippen LogP contribution in [0.15, 0.2) is 34.7 Å². The fourth-order valence-electron chi connectivity index (χ4n) is 2.67. The molecule has 1 saturated heterocycles. The van der Waals surface area contributed by atoms with Gasteiger partial charge in [-0.2, -0.15) is 11.8 Å². The molecule has 1 fully saturated rings. The summed E-state index contributed by atoms with van der Waals surface area (Å²) in [6.07, 6.45) is 0.666. The summed E-state index contributed by atoms with van der Waals surface area (Å²) >= 11 is 1.91. The molecule has 6 nitrogen and oxygen atoms in total. The number of rotatable bonds is 6. The molecule has 0 N–H and O–H groups in total. The number of benzene rings is 1. The summed E-state index contributed by atoms with van der Waals surface area (Å²) in [5, 5.41) is 7.78. The number of thioether (sulfide) groups is 1. The third-order valence-electron chi connectivity index (χ3n) is 3.90. The van der Waals surface area contributed by atoms with Crippen LogP contribution in [0.2, 0.25) is 0 Å². The number of ether oxygens (including phenoxy) is 1. The number of aromatic nitrogens is 2. The van der Waals surface area contributed by atoms with Crippen LogP contribution in [0, 0.1) is 0 Å². The van der Waals surface area contributed by atoms with Crippen LogP contribution < -0.4 is 0 Å². The first kappa shape index (κ1) is 17.0. The van der Waals surface area contributed by atoms with Gasteiger partial charge >= 0.3 is 5.97 Å². The fourth-order valence-corrected chi connectivity index (χ4v) is 3.60. The van der Waals surface area contributed by atoms with E-state index in [1.165, 1.54) is 0 Å². The van der Waals surface area contributed by atoms with Gasteiger partial charge in [0.2, 0.25) is 5.89 Å². The number of carbonyl (C=O) groups excluding carboxylic acids is 1. The third-order valence-corrected chi connectivity index (χ3v) is 4.84. The maximum atomic E-state index is 12.7. The second-order valence-corrected chi connectivity index (χ2v) is 6.74. The predicted octanol–water partition coefficient (Wildman–Crippen LogP) is 2.47. The largest absolute Gasteiger partial charge is 0.454 e. The summed E-state index contributed by atoms with van der Waals surface area (Å²) in [6.45, 7) is 3.70. The van der Waals surface area contributed by atoms with Gasteiger partial charge in [-0.25, -0.2) is 4.79 Å². The summed E-state index contributed by atoms with van der Waals surface area (Å²) in [5.74, 6) is 2.67. The Labute approximate surface area is 145 Å². The van der Waals surface area contributed by atoms with E-state index in [1.807, 2.05) is 49.0 Å². The third kappa shape index (κ3) is 4.15. The fraction of sp³-hybridized carbons (Fsp3) is 0.471. The molecular formula is C17H21N3O3S. The topological polar surface area (TPSA) is 68.5 Å². The maximum Gasteiger partial charge on any atom is 0.328 e. The molecule has 2 heterocycles. The molecule has 1 aliphatic heterocycles. The monoisotopic (exact) mass is 347 g/mol. The Bertz CT molecular complexity index is 656. The van der Waals surface area contributed by atoms with Gasteiger partial charge in [0, 0.05) is 31.0 Å². The highest BCUT2D eigenvalue weighted by Crippen LogP contribution is 2.25. The number of aryl methyl sites for hydroxylation is 1. The van der Waals surface area contributed by atoms with Crippen LogP contribution in [0.25, 0.3) is 0 Å². The number of esters is 1. The van der Waals surface area contributed by atoms with Crippen molar-refractivity contribution in [2.45, 2.75) is 26.0 Å². The highest BCUT2D eigenvalue weighted by Gasteiger charge is 2.30. The lowest BCUT2D eigenvalue weighted by atomic mass is 10.1. The van der Waals surface area contributed by atoms with Gasteiger partial charge < -0.3 is 9.15 Å². The number of hydrogen-bond donors (Lipinski definition) is 0. The molecule has 1 aromatic heterocycles. The minimum atomic E-state index is -0.388. The molecular weight excluding hydrogens is 326 g/mol. The normalized spacial score (nSPS) is 16.7. The standard InChI is InChI=1S/C17H21N3O3S/c1-2-14-18-19-15(23-14)12-22-17(21)16(13-6-4-3-5-7-13)20-8-10-24-11-9-20/h3-7,16H,2,8-12H2,1H3/t16-/m1/s1. The van der Waals surface area contributed by atoms with E-state index >= 15 is 0 Å². The zero-order valence-electron chi connectivity index (χ0n) is 13.7. The van der Waals surface area contributed by atoms with Crippen molar-refractivity contribution in [1.82, 2.24) is 15.1 Å². The summed E-state index contributed by atoms with van der Waals surface area (Å²) in [5.41, 5.74) is 0.953. The van der Waals surface area contributed by atoms with E-state index in [1.54, 1.807) is 0 Å². The van der Waals surface area contributed by atoms with Crippen molar-refractivity contribution in [2.24, 2.45) is 0 Å². The second-order valence-electron chi connectivity index (χ2n) is 5.51. The van der Waals surface area contributed by atoms with Crippen LogP contribution in [0.3, 0.4) is 0 Å². The zero-order chi connectivity index (χ0) is 16.8. The van der Waals surface area contributed by atoms with Gasteiger partial charge in [0.25, 0.3) is 5.89 Å². The Morgan fingerprint density at radius 2 is 1.96 bits per heavy atom. The van der Waals surface area contributed by atoms with Crippen molar-refractivity contribution in [3.05, 3.63) is 47.7 Å². The van der Waals surface area contributed by atoms with E-state index in [2.05, 4.69) is 15.1 Å². The molecule has 1 aromatic carbocycles. The Kier molecular flexibility index (Phi) is 5.87. The molecule has 2 aromatic rings. The molecule has 128 valence electrons. The van der Waals surface area contributed by atoms with Gasteiger partial charge in [-0.1, -0.05) is 37.3 Å². The molecule has 0 amide bonds. The van der Waals surface area contributed by atoms with Gasteiger partial charge in [0.05, 0.1) is 0 Å². The highest BCUT2D eigenvalue weighted by atomic mass is 32.2. The van der Waals surface area contributed by atoms with Crippen LogP contribution in [-0.2, 0) is 22.6 Å². The zero-order valence-corrected chi connectivity index (χ0v) is 14.5. The van der Waals surface area contributed by atoms with Crippen molar-refractivity contribution in [1.29, 1.82) is 0 Å². The smallest absolute Gasteiger partial charge is 0.328 e. The van der Waals surface area contributed by atoms with Crippen molar-refractivity contribution in [3.63, 3.8) is 0 Å². The molecule has 1 aliphatic rings. The number of carbonyl (C=O) groups is 1. The van der Waals surface area contributed by atoms with Gasteiger partial charge in [0.15, 0.2) is 6.61 Å². The molecule has 3 rings (SSSR count). The Morgan fingerprint density at radius 1 is 1.25 bits per heavy atom. The average molecular weight is 347 g/mol. The summed E-state index contributed by atoms with van der Waals surface area (Å²) < 4.78 is 10.9. The number of nitrogens with zero attached hydrogens (tertiary/aromatic N) is 3. The minimum absolute atomic E-state index is 0.0117. The molecule has 0 spiro atoms. The molecule has 0 bridgehead atoms. The first-order valence-corrected chi connectivity index (χ1v) is 9.28. The SMILES string of the molecule is CCc1nnc(COC(=O)[C@@H](c2ccccc2)N2CCSCC2)o1. The first-order chi connectivity index (χ1) is 11.8. The minimum Gasteiger partial charge on any atom is -0.454 e. The lowest BCUT2D eigenvalue weighted by Gasteiger charge is -2.32. The maximum absolute atomic E-state index is 12.7. The lowest BCUT2D eigenvalue weighted by molar-refractivity contribution is -0.152. The van der Waals surface area contributed by atoms with E-state index in [0.29, 0.717) is 18.2 Å². The van der Waals surface area contributed by atoms with Crippen LogP contribution >= 0.6 is 11.8 Å². The van der Waals surface area contributed by atoms with Crippen LogP contribution in [-0.4, -0.2) is 45.7 Å². The highest BCUT2D eigenvalue weighted by molar-refractivity contribution is 7.99. The van der Waals surface area contributed by atoms with Gasteiger partial charge in [-0.3, -0.25) is 4.90 Å². The van der Waals surface area contributed by atoms with E-state index in [9.17, 15) is 4.79 Å². The van der Waals surface area contributed by atoms with E-state index < -0.39 is 0 Å². The Morgan fingerprint density at radius 3 is 2.62 bits per heavy atom. The van der Waals surface area contributed by atoms with Gasteiger partial charge in [-0.15, -0.1) is 10.2 Å². The summed E-state index contributed by atoms with van der Waals surface area (Å²) in [6, 6.07) is 9.38. The van der Waals surface area contributed by atoms with Crippen molar-refractivity contribution < 1.29 is 13.9 Å². The van der Waals surface area contributed by atoms with E-state index in [4.69, 9.17) is 9.15 Å². The number of hydrogen-bond acceptors (Lipinski definition) is 7. The summed E-state index contributed by atoms with van der Waals surface area (Å²) in [4.78, 5) is 14.9. The summed E-state index contributed by atoms with van der Waals surface area (Å²) in [7, 11) is 0. The quantitative estimate of drug-likeness (QED) is 0.744. The van der Waals surface area contributed by atoms with Gasteiger partial charge in [0.1, 0.15) is 6.04 Å². The van der Waals surface area contributed by atoms with Crippen molar-refractivity contribution in [3.8, 4) is 0 Å². The second kappa shape index (κ2) is 8.30. The first-order valence-electron chi connectivity index (χ1n) is 8.12. The van der Waals surface area contributed by atoms with Crippen molar-refractivity contribution >= 4 is 17.7 Å². The molecule has 0 saturated carbocycles. The van der Waals surface area contributed by atoms with Crippen LogP contribution in [0.1, 0.15) is 30.3 Å². The van der Waals surface area contributed by atoms with Crippen molar-refractivity contribution in [2.75, 3.05) is 24.6 Å². The van der Waals surface area contributed by atoms with E-state index in [-0.39, 0.29) is 18.6 Å².